The van der Waals surface area contributed by atoms with Gasteiger partial charge in [0, 0.05) is 32.9 Å². The fourth-order valence-corrected chi connectivity index (χ4v) is 4.26. The molecule has 1 saturated heterocycles. The van der Waals surface area contributed by atoms with Crippen LogP contribution >= 0.6 is 11.6 Å². The molecule has 3 amide bonds. The smallest absolute Gasteiger partial charge is 0.409 e. The molecule has 0 saturated carbocycles. The lowest BCUT2D eigenvalue weighted by Gasteiger charge is -2.39. The lowest BCUT2D eigenvalue weighted by Crippen LogP contribution is -2.52. The van der Waals surface area contributed by atoms with E-state index in [4.69, 9.17) is 22.1 Å². The van der Waals surface area contributed by atoms with Gasteiger partial charge in [-0.2, -0.15) is 5.10 Å². The van der Waals surface area contributed by atoms with E-state index in [0.29, 0.717) is 36.1 Å². The highest BCUT2D eigenvalue weighted by Gasteiger charge is 2.34. The number of nitrogens with zero attached hydrogens (tertiary/aromatic N) is 6. The summed E-state index contributed by atoms with van der Waals surface area (Å²) in [6.07, 6.45) is 3.22. The van der Waals surface area contributed by atoms with Gasteiger partial charge in [0.25, 0.3) is 5.91 Å². The Morgan fingerprint density at radius 2 is 2.08 bits per heavy atom. The number of ether oxygens (including phenoxy) is 1. The summed E-state index contributed by atoms with van der Waals surface area (Å²) in [5.74, 6) is -0.455. The molecule has 36 heavy (non-hydrogen) atoms. The van der Waals surface area contributed by atoms with Crippen LogP contribution in [-0.4, -0.2) is 81.1 Å². The zero-order valence-electron chi connectivity index (χ0n) is 19.8. The molecule has 0 aliphatic carbocycles. The maximum Gasteiger partial charge on any atom is 0.414 e. The summed E-state index contributed by atoms with van der Waals surface area (Å²) in [7, 11) is 3.10. The lowest BCUT2D eigenvalue weighted by molar-refractivity contribution is -0.127. The summed E-state index contributed by atoms with van der Waals surface area (Å²) in [5, 5.41) is 7.30. The van der Waals surface area contributed by atoms with Crippen molar-refractivity contribution in [1.29, 1.82) is 0 Å². The average molecular weight is 513 g/mol. The minimum Gasteiger partial charge on any atom is -0.409 e. The molecule has 3 aromatic rings. The standard InChI is InChI=1S/C23H25ClN8O4/c1-4-17(33)31-9-5-6-14(11-31)32(13-7-8-16(15(24)10-13)36-23(35)30(2)3)22(34)19-18-20(25)26-12-27-21(18)29-28-19/h4,7-8,10,12,14H,1,5-6,9,11H2,2-3H3,(H3,25,26,27,28,29). The van der Waals surface area contributed by atoms with Crippen LogP contribution < -0.4 is 15.4 Å². The highest BCUT2D eigenvalue weighted by atomic mass is 35.5. The molecule has 1 unspecified atom stereocenters. The maximum atomic E-state index is 14.0. The second-order valence-electron chi connectivity index (χ2n) is 8.39. The number of carbonyl (C=O) groups is 3. The zero-order chi connectivity index (χ0) is 26.0. The maximum absolute atomic E-state index is 14.0. The van der Waals surface area contributed by atoms with E-state index in [-0.39, 0.29) is 34.7 Å². The van der Waals surface area contributed by atoms with Crippen LogP contribution in [0.3, 0.4) is 0 Å². The SMILES string of the molecule is C=CC(=O)N1CCCC(N(C(=O)c2n[nH]c3ncnc(N)c23)c2ccc(OC(=O)N(C)C)c(Cl)c2)C1. The minimum absolute atomic E-state index is 0.0366. The Morgan fingerprint density at radius 3 is 2.78 bits per heavy atom. The summed E-state index contributed by atoms with van der Waals surface area (Å²) in [5.41, 5.74) is 6.82. The average Bonchev–Trinajstić information content (AvgIpc) is 3.31. The van der Waals surface area contributed by atoms with Crippen molar-refractivity contribution in [3.63, 3.8) is 0 Å². The largest absolute Gasteiger partial charge is 0.414 e. The van der Waals surface area contributed by atoms with E-state index in [1.54, 1.807) is 25.1 Å². The van der Waals surface area contributed by atoms with Gasteiger partial charge < -0.3 is 25.2 Å². The van der Waals surface area contributed by atoms with Crippen molar-refractivity contribution in [3.8, 4) is 5.75 Å². The molecule has 3 N–H and O–H groups in total. The van der Waals surface area contributed by atoms with E-state index in [9.17, 15) is 14.4 Å². The number of likely N-dealkylation sites (tertiary alicyclic amines) is 1. The number of hydrogen-bond donors (Lipinski definition) is 2. The van der Waals surface area contributed by atoms with Crippen LogP contribution in [0.4, 0.5) is 16.3 Å². The number of anilines is 2. The van der Waals surface area contributed by atoms with E-state index in [1.165, 1.54) is 34.3 Å². The molecule has 1 fully saturated rings. The summed E-state index contributed by atoms with van der Waals surface area (Å²) >= 11 is 6.44. The number of fused-ring (bicyclic) bond motifs is 1. The van der Waals surface area contributed by atoms with Crippen LogP contribution in [-0.2, 0) is 4.79 Å². The molecule has 188 valence electrons. The van der Waals surface area contributed by atoms with Gasteiger partial charge >= 0.3 is 6.09 Å². The van der Waals surface area contributed by atoms with Gasteiger partial charge in [-0.05, 0) is 37.1 Å². The van der Waals surface area contributed by atoms with Crippen LogP contribution in [0.15, 0.2) is 37.2 Å². The first-order chi connectivity index (χ1) is 17.2. The number of nitrogen functional groups attached to an aromatic ring is 1. The Balaban J connectivity index is 1.76. The molecule has 1 aliphatic rings. The summed E-state index contributed by atoms with van der Waals surface area (Å²) in [4.78, 5) is 50.7. The second-order valence-corrected chi connectivity index (χ2v) is 8.80. The summed E-state index contributed by atoms with van der Waals surface area (Å²) in [6.45, 7) is 4.39. The van der Waals surface area contributed by atoms with Crippen LogP contribution in [0.2, 0.25) is 5.02 Å². The third-order valence-corrected chi connectivity index (χ3v) is 6.11. The van der Waals surface area contributed by atoms with E-state index < -0.39 is 18.0 Å². The molecule has 1 aliphatic heterocycles. The van der Waals surface area contributed by atoms with Crippen molar-refractivity contribution in [1.82, 2.24) is 30.0 Å². The van der Waals surface area contributed by atoms with E-state index >= 15 is 0 Å². The van der Waals surface area contributed by atoms with E-state index in [2.05, 4.69) is 26.7 Å². The number of piperidine rings is 1. The fraction of sp³-hybridized carbons (Fsp3) is 0.304. The number of rotatable bonds is 5. The van der Waals surface area contributed by atoms with Crippen molar-refractivity contribution in [2.75, 3.05) is 37.8 Å². The van der Waals surface area contributed by atoms with Gasteiger partial charge in [-0.1, -0.05) is 18.2 Å². The van der Waals surface area contributed by atoms with Crippen molar-refractivity contribution in [2.24, 2.45) is 0 Å². The minimum atomic E-state index is -0.595. The molecular formula is C23H25ClN8O4. The predicted molar refractivity (Wildman–Crippen MR) is 134 cm³/mol. The Morgan fingerprint density at radius 1 is 1.31 bits per heavy atom. The van der Waals surface area contributed by atoms with Crippen molar-refractivity contribution >= 4 is 52.0 Å². The molecule has 12 nitrogen and oxygen atoms in total. The quantitative estimate of drug-likeness (QED) is 0.495. The zero-order valence-corrected chi connectivity index (χ0v) is 20.5. The van der Waals surface area contributed by atoms with Crippen molar-refractivity contribution < 1.29 is 19.1 Å². The molecule has 0 bridgehead atoms. The van der Waals surface area contributed by atoms with Crippen molar-refractivity contribution in [2.45, 2.75) is 18.9 Å². The fourth-order valence-electron chi connectivity index (χ4n) is 4.05. The number of aromatic amines is 1. The number of carbonyl (C=O) groups excluding carboxylic acids is 3. The van der Waals surface area contributed by atoms with Gasteiger partial charge in [0.05, 0.1) is 16.5 Å². The Hall–Kier alpha value is -4.19. The first-order valence-electron chi connectivity index (χ1n) is 11.1. The predicted octanol–water partition coefficient (Wildman–Crippen LogP) is 2.47. The monoisotopic (exact) mass is 512 g/mol. The third kappa shape index (κ3) is 4.80. The van der Waals surface area contributed by atoms with Gasteiger partial charge in [0.2, 0.25) is 5.91 Å². The summed E-state index contributed by atoms with van der Waals surface area (Å²) in [6, 6.07) is 4.25. The number of nitrogens with two attached hydrogens (primary N) is 1. The number of nitrogens with one attached hydrogen (secondary N) is 1. The third-order valence-electron chi connectivity index (χ3n) is 5.81. The van der Waals surface area contributed by atoms with Gasteiger partial charge in [-0.3, -0.25) is 14.7 Å². The first kappa shape index (κ1) is 24.9. The molecule has 1 aromatic carbocycles. The van der Waals surface area contributed by atoms with Gasteiger partial charge in [-0.15, -0.1) is 0 Å². The number of halogens is 1. The molecule has 3 heterocycles. The van der Waals surface area contributed by atoms with E-state index in [1.807, 2.05) is 0 Å². The highest BCUT2D eigenvalue weighted by molar-refractivity contribution is 6.32. The van der Waals surface area contributed by atoms with E-state index in [0.717, 1.165) is 0 Å². The molecule has 1 atom stereocenters. The lowest BCUT2D eigenvalue weighted by atomic mass is 10.0. The normalized spacial score (nSPS) is 15.4. The number of aromatic nitrogens is 4. The molecule has 2 aromatic heterocycles. The Bertz CT molecular complexity index is 1340. The van der Waals surface area contributed by atoms with Gasteiger partial charge in [-0.25, -0.2) is 14.8 Å². The van der Waals surface area contributed by atoms with Crippen LogP contribution in [0, 0.1) is 0 Å². The second kappa shape index (κ2) is 10.2. The number of H-pyrrole nitrogens is 1. The van der Waals surface area contributed by atoms with Gasteiger partial charge in [0.15, 0.2) is 17.1 Å². The first-order valence-corrected chi connectivity index (χ1v) is 11.5. The Labute approximate surface area is 211 Å². The van der Waals surface area contributed by atoms with Gasteiger partial charge in [0.1, 0.15) is 12.1 Å². The van der Waals surface area contributed by atoms with Crippen LogP contribution in [0.5, 0.6) is 5.75 Å². The number of hydrogen-bond acceptors (Lipinski definition) is 8. The summed E-state index contributed by atoms with van der Waals surface area (Å²) < 4.78 is 5.29. The molecule has 0 spiro atoms. The number of amides is 3. The molecular weight excluding hydrogens is 488 g/mol. The number of benzene rings is 1. The molecule has 4 rings (SSSR count). The molecule has 0 radical (unpaired) electrons. The topological polar surface area (TPSA) is 151 Å². The van der Waals surface area contributed by atoms with Crippen LogP contribution in [0.25, 0.3) is 11.0 Å². The highest BCUT2D eigenvalue weighted by Crippen LogP contribution is 2.34. The van der Waals surface area contributed by atoms with Crippen LogP contribution in [0.1, 0.15) is 23.3 Å². The Kier molecular flexibility index (Phi) is 7.06. The van der Waals surface area contributed by atoms with Crippen molar-refractivity contribution in [3.05, 3.63) is 47.9 Å². The molecule has 13 heteroatoms.